The van der Waals surface area contributed by atoms with E-state index in [1.54, 1.807) is 12.1 Å². The first kappa shape index (κ1) is 19.2. The van der Waals surface area contributed by atoms with Crippen molar-refractivity contribution in [2.24, 2.45) is 0 Å². The third kappa shape index (κ3) is 5.20. The molecule has 0 aliphatic heterocycles. The Morgan fingerprint density at radius 3 is 2.93 bits per heavy atom. The van der Waals surface area contributed by atoms with Crippen molar-refractivity contribution in [3.8, 4) is 6.07 Å². The van der Waals surface area contributed by atoms with Crippen LogP contribution in [-0.2, 0) is 28.9 Å². The molecule has 2 aromatic rings. The molecule has 0 aromatic carbocycles. The molecule has 0 spiro atoms. The van der Waals surface area contributed by atoms with Crippen molar-refractivity contribution in [3.05, 3.63) is 45.5 Å². The highest BCUT2D eigenvalue weighted by molar-refractivity contribution is 7.14. The first-order valence-electron chi connectivity index (χ1n) is 9.13. The first-order valence-corrected chi connectivity index (χ1v) is 9.95. The van der Waals surface area contributed by atoms with E-state index in [0.29, 0.717) is 10.6 Å². The normalized spacial score (nSPS) is 13.3. The second-order valence-electron chi connectivity index (χ2n) is 6.50. The zero-order valence-corrected chi connectivity index (χ0v) is 15.9. The van der Waals surface area contributed by atoms with Gasteiger partial charge in [0.05, 0.1) is 25.3 Å². The van der Waals surface area contributed by atoms with Crippen molar-refractivity contribution in [1.82, 2.24) is 4.90 Å². The molecule has 0 radical (unpaired) electrons. The number of ether oxygens (including phenoxy) is 1. The number of furan rings is 1. The first-order chi connectivity index (χ1) is 13.2. The Kier molecular flexibility index (Phi) is 6.66. The van der Waals surface area contributed by atoms with Crippen molar-refractivity contribution < 1.29 is 18.7 Å². The summed E-state index contributed by atoms with van der Waals surface area (Å²) >= 11 is 1.48. The van der Waals surface area contributed by atoms with Gasteiger partial charge < -0.3 is 14.1 Å². The molecule has 1 aliphatic rings. The molecule has 0 saturated heterocycles. The largest absolute Gasteiger partial charge is 0.467 e. The number of nitrogens with zero attached hydrogens (tertiary/aromatic N) is 2. The van der Waals surface area contributed by atoms with E-state index in [-0.39, 0.29) is 32.0 Å². The quantitative estimate of drug-likeness (QED) is 0.535. The van der Waals surface area contributed by atoms with Crippen molar-refractivity contribution in [2.45, 2.75) is 45.1 Å². The average molecular weight is 386 g/mol. The van der Waals surface area contributed by atoms with Gasteiger partial charge in [-0.25, -0.2) is 4.79 Å². The van der Waals surface area contributed by atoms with E-state index in [2.05, 4.69) is 0 Å². The third-order valence-electron chi connectivity index (χ3n) is 4.55. The number of hydrogen-bond acceptors (Lipinski definition) is 6. The lowest BCUT2D eigenvalue weighted by molar-refractivity contribution is -0.135. The van der Waals surface area contributed by atoms with Crippen LogP contribution in [0.15, 0.2) is 28.9 Å². The summed E-state index contributed by atoms with van der Waals surface area (Å²) in [5.74, 6) is -0.178. The van der Waals surface area contributed by atoms with Crippen molar-refractivity contribution in [1.29, 1.82) is 5.26 Å². The minimum absolute atomic E-state index is 0.206. The number of hydrogen-bond donors (Lipinski definition) is 0. The molecule has 2 heterocycles. The summed E-state index contributed by atoms with van der Waals surface area (Å²) < 4.78 is 10.5. The van der Waals surface area contributed by atoms with E-state index in [1.807, 2.05) is 12.1 Å². The molecular weight excluding hydrogens is 364 g/mol. The van der Waals surface area contributed by atoms with Crippen LogP contribution in [-0.4, -0.2) is 29.9 Å². The molecule has 0 saturated carbocycles. The maximum atomic E-state index is 12.5. The average Bonchev–Trinajstić information content (AvgIpc) is 3.28. The summed E-state index contributed by atoms with van der Waals surface area (Å²) in [6.45, 7) is 0.173. The monoisotopic (exact) mass is 386 g/mol. The van der Waals surface area contributed by atoms with Crippen molar-refractivity contribution in [2.75, 3.05) is 13.2 Å². The van der Waals surface area contributed by atoms with Gasteiger partial charge in [-0.15, -0.1) is 11.3 Å². The number of carbonyl (C=O) groups is 2. The van der Waals surface area contributed by atoms with Gasteiger partial charge in [0, 0.05) is 11.4 Å². The second-order valence-corrected chi connectivity index (χ2v) is 7.64. The number of esters is 1. The Bertz CT molecular complexity index is 796. The minimum Gasteiger partial charge on any atom is -0.467 e. The number of thiophene rings is 1. The Morgan fingerprint density at radius 2 is 2.15 bits per heavy atom. The highest BCUT2D eigenvalue weighted by atomic mass is 32.1. The number of fused-ring (bicyclic) bond motifs is 1. The second kappa shape index (κ2) is 9.38. The van der Waals surface area contributed by atoms with Crippen LogP contribution in [0.4, 0.5) is 0 Å². The predicted octanol–water partition coefficient (Wildman–Crippen LogP) is 3.71. The van der Waals surface area contributed by atoms with Crippen molar-refractivity contribution in [3.63, 3.8) is 0 Å². The fraction of sp³-hybridized carbons (Fsp3) is 0.450. The van der Waals surface area contributed by atoms with Crippen LogP contribution in [0, 0.1) is 11.3 Å². The van der Waals surface area contributed by atoms with Gasteiger partial charge in [-0.05, 0) is 49.4 Å². The number of carbonyl (C=O) groups excluding carboxylic acids is 2. The summed E-state index contributed by atoms with van der Waals surface area (Å²) in [7, 11) is 0. The summed E-state index contributed by atoms with van der Waals surface area (Å²) in [6, 6.07) is 7.44. The zero-order chi connectivity index (χ0) is 19.1. The van der Waals surface area contributed by atoms with Gasteiger partial charge in [-0.3, -0.25) is 4.79 Å². The Balaban J connectivity index is 1.57. The lowest BCUT2D eigenvalue weighted by Gasteiger charge is -2.20. The van der Waals surface area contributed by atoms with Crippen LogP contribution in [0.2, 0.25) is 0 Å². The smallest absolute Gasteiger partial charge is 0.348 e. The van der Waals surface area contributed by atoms with Crippen LogP contribution in [0.5, 0.6) is 0 Å². The zero-order valence-electron chi connectivity index (χ0n) is 15.1. The number of rotatable bonds is 7. The fourth-order valence-electron chi connectivity index (χ4n) is 3.13. The molecular formula is C20H22N2O4S. The lowest BCUT2D eigenvalue weighted by atomic mass is 10.1. The van der Waals surface area contributed by atoms with E-state index >= 15 is 0 Å². The van der Waals surface area contributed by atoms with Crippen LogP contribution in [0.3, 0.4) is 0 Å². The van der Waals surface area contributed by atoms with Crippen LogP contribution in [0.1, 0.15) is 51.6 Å². The molecule has 0 bridgehead atoms. The Labute approximate surface area is 162 Å². The van der Waals surface area contributed by atoms with Crippen LogP contribution in [0.25, 0.3) is 0 Å². The number of amides is 1. The topological polar surface area (TPSA) is 83.5 Å². The van der Waals surface area contributed by atoms with E-state index in [9.17, 15) is 9.59 Å². The Hall–Kier alpha value is -2.59. The van der Waals surface area contributed by atoms with Gasteiger partial charge in [-0.1, -0.05) is 6.42 Å². The van der Waals surface area contributed by atoms with E-state index in [0.717, 1.165) is 25.7 Å². The van der Waals surface area contributed by atoms with Gasteiger partial charge >= 0.3 is 5.97 Å². The van der Waals surface area contributed by atoms with Crippen LogP contribution < -0.4 is 0 Å². The highest BCUT2D eigenvalue weighted by Gasteiger charge is 2.20. The summed E-state index contributed by atoms with van der Waals surface area (Å²) in [4.78, 5) is 28.1. The lowest BCUT2D eigenvalue weighted by Crippen LogP contribution is -2.34. The molecule has 2 aromatic heterocycles. The molecule has 0 fully saturated rings. The summed E-state index contributed by atoms with van der Waals surface area (Å²) in [5.41, 5.74) is 1.24. The molecule has 142 valence electrons. The molecule has 1 amide bonds. The van der Waals surface area contributed by atoms with Gasteiger partial charge in [0.15, 0.2) is 6.61 Å². The predicted molar refractivity (Wildman–Crippen MR) is 100 cm³/mol. The number of aryl methyl sites for hydroxylation is 2. The molecule has 27 heavy (non-hydrogen) atoms. The molecule has 0 unspecified atom stereocenters. The minimum atomic E-state index is -0.459. The Morgan fingerprint density at radius 1 is 1.30 bits per heavy atom. The molecule has 6 nitrogen and oxygen atoms in total. The third-order valence-corrected chi connectivity index (χ3v) is 5.76. The fourth-order valence-corrected chi connectivity index (χ4v) is 4.27. The van der Waals surface area contributed by atoms with Gasteiger partial charge in [-0.2, -0.15) is 5.26 Å². The van der Waals surface area contributed by atoms with E-state index in [4.69, 9.17) is 14.4 Å². The molecule has 0 N–H and O–H groups in total. The van der Waals surface area contributed by atoms with Crippen molar-refractivity contribution >= 4 is 23.2 Å². The standard InChI is InChI=1S/C20H22N2O4S/c21-9-5-10-22(13-16-7-4-11-25-16)19(23)14-26-20(24)18-12-15-6-2-1-3-8-17(15)27-18/h4,7,11-12H,1-3,5-6,8,10,13-14H2. The maximum absolute atomic E-state index is 12.5. The number of nitriles is 1. The van der Waals surface area contributed by atoms with E-state index < -0.39 is 5.97 Å². The van der Waals surface area contributed by atoms with E-state index in [1.165, 1.54) is 39.4 Å². The molecule has 1 aliphatic carbocycles. The highest BCUT2D eigenvalue weighted by Crippen LogP contribution is 2.29. The SMILES string of the molecule is N#CCCN(Cc1ccco1)C(=O)COC(=O)c1cc2c(s1)CCCCC2. The molecule has 0 atom stereocenters. The maximum Gasteiger partial charge on any atom is 0.348 e. The van der Waals surface area contributed by atoms with Crippen LogP contribution >= 0.6 is 11.3 Å². The molecule has 7 heteroatoms. The van der Waals surface area contributed by atoms with Gasteiger partial charge in [0.25, 0.3) is 5.91 Å². The summed E-state index contributed by atoms with van der Waals surface area (Å²) in [6.07, 6.45) is 7.28. The van der Waals surface area contributed by atoms with Gasteiger partial charge in [0.2, 0.25) is 0 Å². The summed E-state index contributed by atoms with van der Waals surface area (Å²) in [5, 5.41) is 8.79. The molecule has 3 rings (SSSR count). The van der Waals surface area contributed by atoms with Gasteiger partial charge in [0.1, 0.15) is 10.6 Å².